The van der Waals surface area contributed by atoms with E-state index in [2.05, 4.69) is 11.8 Å². The molecule has 0 saturated carbocycles. The summed E-state index contributed by atoms with van der Waals surface area (Å²) in [6.07, 6.45) is 3.24. The van der Waals surface area contributed by atoms with E-state index in [0.717, 1.165) is 38.8 Å². The lowest BCUT2D eigenvalue weighted by Crippen LogP contribution is -2.33. The molecule has 1 aliphatic rings. The molecule has 17 heavy (non-hydrogen) atoms. The van der Waals surface area contributed by atoms with Gasteiger partial charge in [-0.05, 0) is 44.6 Å². The second kappa shape index (κ2) is 7.96. The van der Waals surface area contributed by atoms with Gasteiger partial charge in [-0.15, -0.1) is 0 Å². The molecule has 0 spiro atoms. The van der Waals surface area contributed by atoms with Crippen LogP contribution >= 0.6 is 0 Å². The zero-order chi connectivity index (χ0) is 12.5. The Labute approximate surface area is 102 Å². The van der Waals surface area contributed by atoms with Crippen LogP contribution in [0.4, 0.5) is 4.39 Å². The van der Waals surface area contributed by atoms with Crippen LogP contribution in [-0.2, 0) is 4.79 Å². The lowest BCUT2D eigenvalue weighted by molar-refractivity contribution is -0.112. The predicted octanol–water partition coefficient (Wildman–Crippen LogP) is 2.74. The second-order valence-electron chi connectivity index (χ2n) is 4.20. The zero-order valence-corrected chi connectivity index (χ0v) is 10.3. The van der Waals surface area contributed by atoms with Crippen LogP contribution in [0.15, 0.2) is 30.3 Å². The molecule has 1 aliphatic heterocycles. The van der Waals surface area contributed by atoms with Crippen LogP contribution in [0, 0.1) is 11.7 Å². The van der Waals surface area contributed by atoms with Crippen molar-refractivity contribution in [3.05, 3.63) is 36.1 Å². The van der Waals surface area contributed by atoms with Crippen LogP contribution < -0.4 is 0 Å². The fraction of sp³-hybridized carbons (Fsp3) is 0.500. The number of carbonyl (C=O) groups excluding carboxylic acids is 1. The minimum Gasteiger partial charge on any atom is -0.304 e. The molecular weight excluding hydrogens is 217 g/mol. The van der Waals surface area contributed by atoms with Crippen molar-refractivity contribution in [2.24, 2.45) is 5.92 Å². The van der Waals surface area contributed by atoms with Crippen LogP contribution in [0.1, 0.15) is 19.8 Å². The van der Waals surface area contributed by atoms with Crippen molar-refractivity contribution in [2.75, 3.05) is 19.6 Å². The van der Waals surface area contributed by atoms with E-state index in [9.17, 15) is 9.18 Å². The SMILES string of the molecule is CCN1CCC(C=O)CC1.Fc1ccccc1. The normalized spacial score (nSPS) is 17.1. The third-order valence-electron chi connectivity index (χ3n) is 3.01. The summed E-state index contributed by atoms with van der Waals surface area (Å²) >= 11 is 0. The molecule has 0 bridgehead atoms. The molecule has 0 aliphatic carbocycles. The maximum atomic E-state index is 11.9. The Balaban J connectivity index is 0.000000181. The van der Waals surface area contributed by atoms with Crippen molar-refractivity contribution in [1.82, 2.24) is 4.90 Å². The third-order valence-corrected chi connectivity index (χ3v) is 3.01. The summed E-state index contributed by atoms with van der Waals surface area (Å²) in [5, 5.41) is 0. The maximum Gasteiger partial charge on any atom is 0.123 e. The number of rotatable bonds is 2. The molecular formula is C14H20FNO. The molecule has 3 heteroatoms. The lowest BCUT2D eigenvalue weighted by Gasteiger charge is -2.27. The highest BCUT2D eigenvalue weighted by molar-refractivity contribution is 5.53. The standard InChI is InChI=1S/C8H15NO.C6H5F/c1-2-9-5-3-8(7-10)4-6-9;7-6-4-2-1-3-5-6/h7-8H,2-6H2,1H3;1-5H. The predicted molar refractivity (Wildman–Crippen MR) is 67.3 cm³/mol. The van der Waals surface area contributed by atoms with Gasteiger partial charge in [-0.1, -0.05) is 25.1 Å². The molecule has 0 aromatic heterocycles. The average molecular weight is 237 g/mol. The van der Waals surface area contributed by atoms with Crippen molar-refractivity contribution in [3.63, 3.8) is 0 Å². The van der Waals surface area contributed by atoms with Crippen LogP contribution in [0.5, 0.6) is 0 Å². The van der Waals surface area contributed by atoms with Gasteiger partial charge in [-0.25, -0.2) is 4.39 Å². The molecule has 2 nitrogen and oxygen atoms in total. The number of aldehydes is 1. The maximum absolute atomic E-state index is 11.9. The Kier molecular flexibility index (Phi) is 6.48. The Hall–Kier alpha value is -1.22. The molecule has 1 aromatic rings. The highest BCUT2D eigenvalue weighted by Crippen LogP contribution is 2.13. The van der Waals surface area contributed by atoms with Crippen LogP contribution in [-0.4, -0.2) is 30.8 Å². The summed E-state index contributed by atoms with van der Waals surface area (Å²) in [6, 6.07) is 7.94. The van der Waals surface area contributed by atoms with Gasteiger partial charge in [0.1, 0.15) is 12.1 Å². The van der Waals surface area contributed by atoms with Crippen molar-refractivity contribution < 1.29 is 9.18 Å². The van der Waals surface area contributed by atoms with Crippen molar-refractivity contribution >= 4 is 6.29 Å². The summed E-state index contributed by atoms with van der Waals surface area (Å²) in [7, 11) is 0. The first kappa shape index (κ1) is 13.8. The Morgan fingerprint density at radius 1 is 1.29 bits per heavy atom. The van der Waals surface area contributed by atoms with Crippen molar-refractivity contribution in [3.8, 4) is 0 Å². The Morgan fingerprint density at radius 3 is 2.24 bits per heavy atom. The molecule has 2 rings (SSSR count). The fourth-order valence-electron chi connectivity index (χ4n) is 1.82. The average Bonchev–Trinajstić information content (AvgIpc) is 2.40. The number of piperidine rings is 1. The molecule has 1 saturated heterocycles. The molecule has 1 fully saturated rings. The minimum atomic E-state index is -0.178. The summed E-state index contributed by atoms with van der Waals surface area (Å²) in [4.78, 5) is 12.7. The quantitative estimate of drug-likeness (QED) is 0.737. The van der Waals surface area contributed by atoms with Gasteiger partial charge in [0, 0.05) is 5.92 Å². The summed E-state index contributed by atoms with van der Waals surface area (Å²) in [5.74, 6) is 0.172. The van der Waals surface area contributed by atoms with E-state index < -0.39 is 0 Å². The van der Waals surface area contributed by atoms with Crippen molar-refractivity contribution in [1.29, 1.82) is 0 Å². The van der Waals surface area contributed by atoms with Gasteiger partial charge in [-0.3, -0.25) is 0 Å². The van der Waals surface area contributed by atoms with Crippen LogP contribution in [0.25, 0.3) is 0 Å². The van der Waals surface area contributed by atoms with Gasteiger partial charge < -0.3 is 9.69 Å². The zero-order valence-electron chi connectivity index (χ0n) is 10.3. The highest BCUT2D eigenvalue weighted by atomic mass is 19.1. The molecule has 0 atom stereocenters. The van der Waals surface area contributed by atoms with E-state index in [1.807, 2.05) is 0 Å². The van der Waals surface area contributed by atoms with E-state index in [1.54, 1.807) is 18.2 Å². The van der Waals surface area contributed by atoms with Gasteiger partial charge in [0.15, 0.2) is 0 Å². The fourth-order valence-corrected chi connectivity index (χ4v) is 1.82. The van der Waals surface area contributed by atoms with Crippen LogP contribution in [0.2, 0.25) is 0 Å². The molecule has 0 unspecified atom stereocenters. The van der Waals surface area contributed by atoms with Crippen molar-refractivity contribution in [2.45, 2.75) is 19.8 Å². The molecule has 1 heterocycles. The largest absolute Gasteiger partial charge is 0.304 e. The Morgan fingerprint density at radius 2 is 1.88 bits per heavy atom. The topological polar surface area (TPSA) is 20.3 Å². The molecule has 1 aromatic carbocycles. The third kappa shape index (κ3) is 5.59. The number of hydrogen-bond donors (Lipinski definition) is 0. The molecule has 0 radical (unpaired) electrons. The van der Waals surface area contributed by atoms with Gasteiger partial charge in [-0.2, -0.15) is 0 Å². The monoisotopic (exact) mass is 237 g/mol. The number of nitrogens with zero attached hydrogens (tertiary/aromatic N) is 1. The van der Waals surface area contributed by atoms with Gasteiger partial charge in [0.25, 0.3) is 0 Å². The molecule has 94 valence electrons. The number of hydrogen-bond acceptors (Lipinski definition) is 2. The number of carbonyl (C=O) groups is 1. The number of benzene rings is 1. The first-order valence-corrected chi connectivity index (χ1v) is 6.14. The second-order valence-corrected chi connectivity index (χ2v) is 4.20. The van der Waals surface area contributed by atoms with Gasteiger partial charge in [0.05, 0.1) is 0 Å². The number of halogens is 1. The molecule has 0 N–H and O–H groups in total. The molecule has 0 amide bonds. The van der Waals surface area contributed by atoms with Crippen LogP contribution in [0.3, 0.4) is 0 Å². The summed E-state index contributed by atoms with van der Waals surface area (Å²) < 4.78 is 11.9. The summed E-state index contributed by atoms with van der Waals surface area (Å²) in [5.41, 5.74) is 0. The van der Waals surface area contributed by atoms with E-state index in [4.69, 9.17) is 0 Å². The van der Waals surface area contributed by atoms with E-state index in [1.165, 1.54) is 12.1 Å². The first-order chi connectivity index (χ1) is 8.26. The van der Waals surface area contributed by atoms with E-state index in [-0.39, 0.29) is 5.82 Å². The summed E-state index contributed by atoms with van der Waals surface area (Å²) in [6.45, 7) is 5.52. The Bertz CT molecular complexity index is 307. The first-order valence-electron chi connectivity index (χ1n) is 6.14. The minimum absolute atomic E-state index is 0.178. The van der Waals surface area contributed by atoms with E-state index >= 15 is 0 Å². The smallest absolute Gasteiger partial charge is 0.123 e. The van der Waals surface area contributed by atoms with E-state index in [0.29, 0.717) is 5.92 Å². The highest BCUT2D eigenvalue weighted by Gasteiger charge is 2.16. The number of likely N-dealkylation sites (tertiary alicyclic amines) is 1. The lowest BCUT2D eigenvalue weighted by atomic mass is 9.99. The van der Waals surface area contributed by atoms with Gasteiger partial charge >= 0.3 is 0 Å². The van der Waals surface area contributed by atoms with Gasteiger partial charge in [0.2, 0.25) is 0 Å².